The fourth-order valence-corrected chi connectivity index (χ4v) is 3.91. The van der Waals surface area contributed by atoms with Crippen molar-refractivity contribution in [2.24, 2.45) is 0 Å². The van der Waals surface area contributed by atoms with Crippen LogP contribution in [-0.2, 0) is 19.4 Å². The first kappa shape index (κ1) is 19.9. The van der Waals surface area contributed by atoms with Crippen LogP contribution in [0.1, 0.15) is 60.9 Å². The smallest absolute Gasteiger partial charge is 0.257 e. The molecule has 1 aromatic carbocycles. The minimum atomic E-state index is 0.0288. The number of aromatic nitrogens is 3. The molecule has 2 heterocycles. The third-order valence-electron chi connectivity index (χ3n) is 5.42. The summed E-state index contributed by atoms with van der Waals surface area (Å²) in [7, 11) is 1.55. The largest absolute Gasteiger partial charge is 0.497 e. The van der Waals surface area contributed by atoms with E-state index < -0.39 is 0 Å². The van der Waals surface area contributed by atoms with E-state index in [0.29, 0.717) is 34.9 Å². The molecule has 0 amide bonds. The van der Waals surface area contributed by atoms with E-state index in [2.05, 4.69) is 11.2 Å². The quantitative estimate of drug-likeness (QED) is 0.641. The first-order valence-electron chi connectivity index (χ1n) is 10.2. The SMILES string of the molecule is COc1cc(C#N)cc(-c2cc(Cn3c(C(C)C)nc4c(c3=O)CCCC4)no2)c1. The number of benzene rings is 1. The Balaban J connectivity index is 1.71. The maximum atomic E-state index is 13.2. The average Bonchev–Trinajstić information content (AvgIpc) is 3.23. The van der Waals surface area contributed by atoms with E-state index in [9.17, 15) is 10.1 Å². The monoisotopic (exact) mass is 404 g/mol. The highest BCUT2D eigenvalue weighted by atomic mass is 16.5. The lowest BCUT2D eigenvalue weighted by Gasteiger charge is -2.20. The molecule has 0 N–H and O–H groups in total. The zero-order chi connectivity index (χ0) is 21.3. The molecular weight excluding hydrogens is 380 g/mol. The molecule has 2 aromatic heterocycles. The van der Waals surface area contributed by atoms with Gasteiger partial charge < -0.3 is 9.26 Å². The second kappa shape index (κ2) is 8.15. The van der Waals surface area contributed by atoms with Crippen molar-refractivity contribution in [1.29, 1.82) is 5.26 Å². The van der Waals surface area contributed by atoms with E-state index in [4.69, 9.17) is 14.2 Å². The predicted molar refractivity (Wildman–Crippen MR) is 112 cm³/mol. The predicted octanol–water partition coefficient (Wildman–Crippen LogP) is 3.83. The van der Waals surface area contributed by atoms with Crippen molar-refractivity contribution >= 4 is 0 Å². The summed E-state index contributed by atoms with van der Waals surface area (Å²) in [6.07, 6.45) is 3.76. The Morgan fingerprint density at radius 1 is 1.23 bits per heavy atom. The summed E-state index contributed by atoms with van der Waals surface area (Å²) < 4.78 is 12.5. The van der Waals surface area contributed by atoms with Crippen LogP contribution in [0.25, 0.3) is 11.3 Å². The van der Waals surface area contributed by atoms with Gasteiger partial charge in [0.25, 0.3) is 5.56 Å². The molecule has 1 aliphatic rings. The second-order valence-electron chi connectivity index (χ2n) is 7.89. The van der Waals surface area contributed by atoms with Gasteiger partial charge in [0.2, 0.25) is 0 Å². The Morgan fingerprint density at radius 2 is 2.03 bits per heavy atom. The molecule has 0 radical (unpaired) electrons. The Kier molecular flexibility index (Phi) is 5.40. The number of fused-ring (bicyclic) bond motifs is 1. The molecule has 0 bridgehead atoms. The number of hydrogen-bond donors (Lipinski definition) is 0. The van der Waals surface area contributed by atoms with Gasteiger partial charge in [-0.2, -0.15) is 5.26 Å². The molecular formula is C23H24N4O3. The maximum Gasteiger partial charge on any atom is 0.257 e. The Bertz CT molecular complexity index is 1180. The van der Waals surface area contributed by atoms with Crippen molar-refractivity contribution in [3.8, 4) is 23.1 Å². The number of rotatable bonds is 5. The number of ether oxygens (including phenoxy) is 1. The third kappa shape index (κ3) is 3.73. The van der Waals surface area contributed by atoms with E-state index >= 15 is 0 Å². The van der Waals surface area contributed by atoms with Crippen LogP contribution in [0.15, 0.2) is 33.6 Å². The van der Waals surface area contributed by atoms with E-state index in [0.717, 1.165) is 42.8 Å². The summed E-state index contributed by atoms with van der Waals surface area (Å²) in [6.45, 7) is 4.38. The highest BCUT2D eigenvalue weighted by molar-refractivity contribution is 5.62. The van der Waals surface area contributed by atoms with Gasteiger partial charge in [0.15, 0.2) is 5.76 Å². The van der Waals surface area contributed by atoms with Crippen LogP contribution < -0.4 is 10.3 Å². The van der Waals surface area contributed by atoms with Gasteiger partial charge in [-0.25, -0.2) is 4.98 Å². The molecule has 154 valence electrons. The van der Waals surface area contributed by atoms with E-state index in [1.165, 1.54) is 0 Å². The molecule has 0 atom stereocenters. The minimum absolute atomic E-state index is 0.0288. The van der Waals surface area contributed by atoms with Gasteiger partial charge in [0, 0.05) is 23.1 Å². The molecule has 0 aliphatic heterocycles. The first-order valence-corrected chi connectivity index (χ1v) is 10.2. The number of aryl methyl sites for hydroxylation is 1. The number of methoxy groups -OCH3 is 1. The first-order chi connectivity index (χ1) is 14.5. The van der Waals surface area contributed by atoms with Gasteiger partial charge in [0.05, 0.1) is 31.0 Å². The molecule has 7 nitrogen and oxygen atoms in total. The van der Waals surface area contributed by atoms with Crippen LogP contribution in [0.4, 0.5) is 0 Å². The van der Waals surface area contributed by atoms with Crippen LogP contribution in [0.3, 0.4) is 0 Å². The van der Waals surface area contributed by atoms with Crippen molar-refractivity contribution < 1.29 is 9.26 Å². The zero-order valence-electron chi connectivity index (χ0n) is 17.4. The fraction of sp³-hybridized carbons (Fsp3) is 0.391. The van der Waals surface area contributed by atoms with Crippen LogP contribution in [-0.4, -0.2) is 21.8 Å². The highest BCUT2D eigenvalue weighted by Crippen LogP contribution is 2.27. The lowest BCUT2D eigenvalue weighted by atomic mass is 9.96. The van der Waals surface area contributed by atoms with Crippen molar-refractivity contribution in [1.82, 2.24) is 14.7 Å². The van der Waals surface area contributed by atoms with Crippen molar-refractivity contribution in [2.75, 3.05) is 7.11 Å². The Labute approximate surface area is 174 Å². The van der Waals surface area contributed by atoms with Crippen LogP contribution in [0.2, 0.25) is 0 Å². The van der Waals surface area contributed by atoms with Gasteiger partial charge in [0.1, 0.15) is 17.3 Å². The molecule has 0 saturated heterocycles. The molecule has 0 spiro atoms. The van der Waals surface area contributed by atoms with Gasteiger partial charge in [-0.1, -0.05) is 19.0 Å². The Hall–Kier alpha value is -3.40. The molecule has 3 aromatic rings. The summed E-state index contributed by atoms with van der Waals surface area (Å²) in [5, 5.41) is 13.4. The summed E-state index contributed by atoms with van der Waals surface area (Å²) >= 11 is 0. The maximum absolute atomic E-state index is 13.2. The summed E-state index contributed by atoms with van der Waals surface area (Å²) in [6, 6.07) is 9.09. The molecule has 1 aliphatic carbocycles. The van der Waals surface area contributed by atoms with E-state index in [1.807, 2.05) is 13.8 Å². The van der Waals surface area contributed by atoms with Gasteiger partial charge in [-0.05, 0) is 43.9 Å². The molecule has 30 heavy (non-hydrogen) atoms. The highest BCUT2D eigenvalue weighted by Gasteiger charge is 2.21. The molecule has 0 saturated carbocycles. The van der Waals surface area contributed by atoms with Crippen molar-refractivity contribution in [3.05, 3.63) is 63.0 Å². The van der Waals surface area contributed by atoms with Gasteiger partial charge in [-0.3, -0.25) is 9.36 Å². The standard InChI is InChI=1S/C23H24N4O3/c1-14(2)22-25-20-7-5-4-6-19(20)23(28)27(22)13-17-11-21(30-26-17)16-8-15(12-24)9-18(10-16)29-3/h8-11,14H,4-7,13H2,1-3H3. The number of nitriles is 1. The van der Waals surface area contributed by atoms with Crippen molar-refractivity contribution in [3.63, 3.8) is 0 Å². The molecule has 0 unspecified atom stereocenters. The lowest BCUT2D eigenvalue weighted by molar-refractivity contribution is 0.411. The normalized spacial score (nSPS) is 13.2. The van der Waals surface area contributed by atoms with E-state index in [1.54, 1.807) is 35.9 Å². The molecule has 0 fully saturated rings. The van der Waals surface area contributed by atoms with Crippen molar-refractivity contribution in [2.45, 2.75) is 52.0 Å². The van der Waals surface area contributed by atoms with Gasteiger partial charge >= 0.3 is 0 Å². The Morgan fingerprint density at radius 3 is 2.77 bits per heavy atom. The average molecular weight is 404 g/mol. The lowest BCUT2D eigenvalue weighted by Crippen LogP contribution is -2.32. The van der Waals surface area contributed by atoms with Gasteiger partial charge in [-0.15, -0.1) is 0 Å². The van der Waals surface area contributed by atoms with Crippen LogP contribution >= 0.6 is 0 Å². The van der Waals surface area contributed by atoms with E-state index in [-0.39, 0.29) is 11.5 Å². The van der Waals surface area contributed by atoms with Crippen LogP contribution in [0, 0.1) is 11.3 Å². The van der Waals surface area contributed by atoms with Crippen LogP contribution in [0.5, 0.6) is 5.75 Å². The summed E-state index contributed by atoms with van der Waals surface area (Å²) in [4.78, 5) is 18.0. The summed E-state index contributed by atoms with van der Waals surface area (Å²) in [5.41, 5.74) is 3.62. The number of hydrogen-bond acceptors (Lipinski definition) is 6. The number of nitrogens with zero attached hydrogens (tertiary/aromatic N) is 4. The minimum Gasteiger partial charge on any atom is -0.497 e. The molecule has 4 rings (SSSR count). The second-order valence-corrected chi connectivity index (χ2v) is 7.89. The summed E-state index contributed by atoms with van der Waals surface area (Å²) in [5.74, 6) is 1.98. The zero-order valence-corrected chi connectivity index (χ0v) is 17.4. The molecule has 7 heteroatoms. The third-order valence-corrected chi connectivity index (χ3v) is 5.42. The fourth-order valence-electron chi connectivity index (χ4n) is 3.91. The topological polar surface area (TPSA) is 93.9 Å².